The Bertz CT molecular complexity index is 1270. The van der Waals surface area contributed by atoms with Crippen LogP contribution in [-0.2, 0) is 11.4 Å². The number of halogens is 3. The van der Waals surface area contributed by atoms with Crippen LogP contribution in [0, 0.1) is 18.3 Å². The monoisotopic (exact) mass is 602 g/mol. The van der Waals surface area contributed by atoms with Crippen molar-refractivity contribution >= 4 is 61.1 Å². The maximum absolute atomic E-state index is 12.7. The number of amides is 1. The SMILES string of the molecule is CCOc1cc(/C=C(\C#N)C(=O)Nc2cc(Cl)ccc2C)cc(Br)c1OCc1ccc(Br)cc1. The number of ether oxygens (including phenoxy) is 2. The second kappa shape index (κ2) is 12.1. The average molecular weight is 605 g/mol. The number of anilines is 1. The van der Waals surface area contributed by atoms with E-state index in [2.05, 4.69) is 37.2 Å². The number of carbonyl (C=O) groups is 1. The fourth-order valence-corrected chi connectivity index (χ4v) is 4.05. The summed E-state index contributed by atoms with van der Waals surface area (Å²) in [6.45, 7) is 4.50. The van der Waals surface area contributed by atoms with Crippen molar-refractivity contribution in [3.05, 3.63) is 90.8 Å². The molecule has 0 heterocycles. The largest absolute Gasteiger partial charge is 0.490 e. The van der Waals surface area contributed by atoms with Gasteiger partial charge in [-0.25, -0.2) is 0 Å². The molecule has 0 aliphatic heterocycles. The van der Waals surface area contributed by atoms with Gasteiger partial charge in [-0.3, -0.25) is 4.79 Å². The molecule has 0 spiro atoms. The lowest BCUT2D eigenvalue weighted by Gasteiger charge is -2.15. The average Bonchev–Trinajstić information content (AvgIpc) is 2.80. The Hall–Kier alpha value is -2.79. The molecular formula is C26H21Br2ClN2O3. The topological polar surface area (TPSA) is 71.3 Å². The molecule has 0 saturated carbocycles. The van der Waals surface area contributed by atoms with Gasteiger partial charge in [0.05, 0.1) is 11.1 Å². The Balaban J connectivity index is 1.85. The molecule has 0 atom stereocenters. The van der Waals surface area contributed by atoms with Crippen LogP contribution in [-0.4, -0.2) is 12.5 Å². The molecule has 1 amide bonds. The van der Waals surface area contributed by atoms with E-state index in [0.717, 1.165) is 15.6 Å². The molecule has 3 rings (SSSR count). The minimum atomic E-state index is -0.530. The van der Waals surface area contributed by atoms with Crippen LogP contribution < -0.4 is 14.8 Å². The van der Waals surface area contributed by atoms with Crippen LogP contribution >= 0.6 is 43.5 Å². The summed E-state index contributed by atoms with van der Waals surface area (Å²) < 4.78 is 13.4. The van der Waals surface area contributed by atoms with Crippen LogP contribution in [0.15, 0.2) is 69.1 Å². The van der Waals surface area contributed by atoms with Crippen LogP contribution in [0.25, 0.3) is 6.08 Å². The molecule has 5 nitrogen and oxygen atoms in total. The molecule has 1 N–H and O–H groups in total. The van der Waals surface area contributed by atoms with Gasteiger partial charge in [0, 0.05) is 15.2 Å². The number of nitrogens with one attached hydrogen (secondary N) is 1. The van der Waals surface area contributed by atoms with Crippen molar-refractivity contribution in [2.45, 2.75) is 20.5 Å². The summed E-state index contributed by atoms with van der Waals surface area (Å²) in [7, 11) is 0. The van der Waals surface area contributed by atoms with Gasteiger partial charge in [-0.2, -0.15) is 5.26 Å². The summed E-state index contributed by atoms with van der Waals surface area (Å²) in [5, 5.41) is 12.8. The van der Waals surface area contributed by atoms with E-state index in [4.69, 9.17) is 21.1 Å². The summed E-state index contributed by atoms with van der Waals surface area (Å²) >= 11 is 13.0. The highest BCUT2D eigenvalue weighted by atomic mass is 79.9. The third-order valence-electron chi connectivity index (χ3n) is 4.75. The second-order valence-electron chi connectivity index (χ2n) is 7.26. The summed E-state index contributed by atoms with van der Waals surface area (Å²) in [6, 6.07) is 18.5. The van der Waals surface area contributed by atoms with E-state index in [1.54, 1.807) is 30.3 Å². The van der Waals surface area contributed by atoms with Crippen molar-refractivity contribution in [1.82, 2.24) is 0 Å². The van der Waals surface area contributed by atoms with E-state index >= 15 is 0 Å². The van der Waals surface area contributed by atoms with Gasteiger partial charge in [0.2, 0.25) is 0 Å². The maximum Gasteiger partial charge on any atom is 0.266 e. The van der Waals surface area contributed by atoms with Crippen molar-refractivity contribution in [2.24, 2.45) is 0 Å². The zero-order chi connectivity index (χ0) is 24.7. The minimum Gasteiger partial charge on any atom is -0.490 e. The van der Waals surface area contributed by atoms with Crippen LogP contribution in [0.2, 0.25) is 5.02 Å². The molecule has 0 unspecified atom stereocenters. The molecule has 3 aromatic carbocycles. The van der Waals surface area contributed by atoms with Gasteiger partial charge in [-0.15, -0.1) is 0 Å². The predicted octanol–water partition coefficient (Wildman–Crippen LogP) is 7.70. The number of aryl methyl sites for hydroxylation is 1. The van der Waals surface area contributed by atoms with Crippen LogP contribution in [0.5, 0.6) is 11.5 Å². The number of rotatable bonds is 8. The Kier molecular flexibility index (Phi) is 9.17. The highest BCUT2D eigenvalue weighted by molar-refractivity contribution is 9.10. The van der Waals surface area contributed by atoms with Gasteiger partial charge in [0.1, 0.15) is 18.2 Å². The first kappa shape index (κ1) is 25.8. The predicted molar refractivity (Wildman–Crippen MR) is 142 cm³/mol. The first-order chi connectivity index (χ1) is 16.3. The lowest BCUT2D eigenvalue weighted by Crippen LogP contribution is -2.14. The highest BCUT2D eigenvalue weighted by Crippen LogP contribution is 2.38. The molecule has 0 aliphatic carbocycles. The molecule has 34 heavy (non-hydrogen) atoms. The summed E-state index contributed by atoms with van der Waals surface area (Å²) in [5.74, 6) is 0.514. The van der Waals surface area contributed by atoms with E-state index in [1.165, 1.54) is 6.08 Å². The molecule has 0 radical (unpaired) electrons. The van der Waals surface area contributed by atoms with Crippen LogP contribution in [0.1, 0.15) is 23.6 Å². The third-order valence-corrected chi connectivity index (χ3v) is 6.10. The van der Waals surface area contributed by atoms with E-state index < -0.39 is 5.91 Å². The van der Waals surface area contributed by atoms with Gasteiger partial charge in [-0.1, -0.05) is 45.7 Å². The number of nitriles is 1. The minimum absolute atomic E-state index is 0.0581. The smallest absolute Gasteiger partial charge is 0.266 e. The molecule has 0 bridgehead atoms. The van der Waals surface area contributed by atoms with Crippen molar-refractivity contribution in [3.8, 4) is 17.6 Å². The zero-order valence-electron chi connectivity index (χ0n) is 18.5. The van der Waals surface area contributed by atoms with Gasteiger partial charge in [-0.05, 0) is 88.9 Å². The van der Waals surface area contributed by atoms with Crippen molar-refractivity contribution in [2.75, 3.05) is 11.9 Å². The molecule has 0 saturated heterocycles. The summed E-state index contributed by atoms with van der Waals surface area (Å²) in [5.41, 5.74) is 2.94. The lowest BCUT2D eigenvalue weighted by atomic mass is 10.1. The summed E-state index contributed by atoms with van der Waals surface area (Å²) in [6.07, 6.45) is 1.50. The lowest BCUT2D eigenvalue weighted by molar-refractivity contribution is -0.112. The van der Waals surface area contributed by atoms with Crippen molar-refractivity contribution in [1.29, 1.82) is 5.26 Å². The molecule has 0 aromatic heterocycles. The van der Waals surface area contributed by atoms with Gasteiger partial charge < -0.3 is 14.8 Å². The Morgan fingerprint density at radius 2 is 1.85 bits per heavy atom. The molecule has 0 aliphatic rings. The number of benzene rings is 3. The zero-order valence-corrected chi connectivity index (χ0v) is 22.4. The first-order valence-electron chi connectivity index (χ1n) is 10.3. The normalized spacial score (nSPS) is 11.0. The Morgan fingerprint density at radius 1 is 1.12 bits per heavy atom. The fraction of sp³-hybridized carbons (Fsp3) is 0.154. The molecule has 8 heteroatoms. The number of hydrogen-bond acceptors (Lipinski definition) is 4. The molecule has 3 aromatic rings. The van der Waals surface area contributed by atoms with E-state index in [9.17, 15) is 10.1 Å². The quantitative estimate of drug-likeness (QED) is 0.211. The van der Waals surface area contributed by atoms with E-state index in [0.29, 0.717) is 45.5 Å². The van der Waals surface area contributed by atoms with Gasteiger partial charge >= 0.3 is 0 Å². The highest BCUT2D eigenvalue weighted by Gasteiger charge is 2.15. The van der Waals surface area contributed by atoms with E-state index in [1.807, 2.05) is 44.2 Å². The maximum atomic E-state index is 12.7. The van der Waals surface area contributed by atoms with Gasteiger partial charge in [0.25, 0.3) is 5.91 Å². The van der Waals surface area contributed by atoms with E-state index in [-0.39, 0.29) is 5.57 Å². The summed E-state index contributed by atoms with van der Waals surface area (Å²) in [4.78, 5) is 12.7. The standard InChI is InChI=1S/C26H21Br2ClN2O3/c1-3-33-24-12-18(11-22(28)25(24)34-15-17-5-7-20(27)8-6-17)10-19(14-30)26(32)31-23-13-21(29)9-4-16(23)2/h4-13H,3,15H2,1-2H3,(H,31,32)/b19-10+. The van der Waals surface area contributed by atoms with Gasteiger partial charge in [0.15, 0.2) is 11.5 Å². The number of nitrogens with zero attached hydrogens (tertiary/aromatic N) is 1. The Morgan fingerprint density at radius 3 is 2.53 bits per heavy atom. The molecule has 174 valence electrons. The fourth-order valence-electron chi connectivity index (χ4n) is 3.04. The number of hydrogen-bond donors (Lipinski definition) is 1. The van der Waals surface area contributed by atoms with Crippen molar-refractivity contribution < 1.29 is 14.3 Å². The first-order valence-corrected chi connectivity index (χ1v) is 12.3. The Labute approximate surface area is 220 Å². The van der Waals surface area contributed by atoms with Crippen LogP contribution in [0.4, 0.5) is 5.69 Å². The van der Waals surface area contributed by atoms with Crippen LogP contribution in [0.3, 0.4) is 0 Å². The second-order valence-corrected chi connectivity index (χ2v) is 9.47. The molecule has 0 fully saturated rings. The molecular weight excluding hydrogens is 584 g/mol. The third kappa shape index (κ3) is 6.86. The van der Waals surface area contributed by atoms with Crippen molar-refractivity contribution in [3.63, 3.8) is 0 Å². The number of carbonyl (C=O) groups excluding carboxylic acids is 1.